The van der Waals surface area contributed by atoms with Gasteiger partial charge in [0, 0.05) is 18.3 Å². The SMILES string of the molecule is O=C(C1CCOC2(CCSC2)C1)C1(c2ccccc2)CC1. The van der Waals surface area contributed by atoms with Crippen molar-refractivity contribution in [1.29, 1.82) is 0 Å². The number of ether oxygens (including phenoxy) is 1. The molecule has 112 valence electrons. The van der Waals surface area contributed by atoms with Crippen LogP contribution < -0.4 is 0 Å². The van der Waals surface area contributed by atoms with E-state index in [0.29, 0.717) is 5.78 Å². The summed E-state index contributed by atoms with van der Waals surface area (Å²) < 4.78 is 6.07. The second-order valence-corrected chi connectivity index (χ2v) is 7.94. The van der Waals surface area contributed by atoms with E-state index in [1.54, 1.807) is 0 Å². The third-order valence-electron chi connectivity index (χ3n) is 5.48. The van der Waals surface area contributed by atoms with Gasteiger partial charge in [0.25, 0.3) is 0 Å². The van der Waals surface area contributed by atoms with Gasteiger partial charge in [0.05, 0.1) is 11.0 Å². The minimum absolute atomic E-state index is 0.00993. The second-order valence-electron chi connectivity index (χ2n) is 6.84. The zero-order valence-corrected chi connectivity index (χ0v) is 13.2. The van der Waals surface area contributed by atoms with E-state index >= 15 is 0 Å². The van der Waals surface area contributed by atoms with Crippen LogP contribution in [0.5, 0.6) is 0 Å². The number of carbonyl (C=O) groups is 1. The molecule has 2 unspecified atom stereocenters. The van der Waals surface area contributed by atoms with Gasteiger partial charge < -0.3 is 4.74 Å². The van der Waals surface area contributed by atoms with Crippen molar-refractivity contribution in [2.24, 2.45) is 5.92 Å². The molecule has 2 atom stereocenters. The number of hydrogen-bond acceptors (Lipinski definition) is 3. The Labute approximate surface area is 130 Å². The fourth-order valence-electron chi connectivity index (χ4n) is 4.07. The molecule has 0 amide bonds. The number of thioether (sulfide) groups is 1. The van der Waals surface area contributed by atoms with Gasteiger partial charge in [-0.15, -0.1) is 0 Å². The number of benzene rings is 1. The molecule has 1 aromatic carbocycles. The Bertz CT molecular complexity index is 529. The Hall–Kier alpha value is -0.800. The summed E-state index contributed by atoms with van der Waals surface area (Å²) in [4.78, 5) is 13.2. The van der Waals surface area contributed by atoms with Crippen LogP contribution >= 0.6 is 11.8 Å². The van der Waals surface area contributed by atoms with Crippen LogP contribution in [0.4, 0.5) is 0 Å². The third kappa shape index (κ3) is 2.35. The van der Waals surface area contributed by atoms with E-state index in [-0.39, 0.29) is 16.9 Å². The molecule has 4 rings (SSSR count). The van der Waals surface area contributed by atoms with E-state index in [1.165, 1.54) is 11.3 Å². The largest absolute Gasteiger partial charge is 0.374 e. The first kappa shape index (κ1) is 13.8. The van der Waals surface area contributed by atoms with Gasteiger partial charge in [0.15, 0.2) is 0 Å². The zero-order valence-electron chi connectivity index (χ0n) is 12.3. The van der Waals surface area contributed by atoms with Gasteiger partial charge >= 0.3 is 0 Å². The van der Waals surface area contributed by atoms with Gasteiger partial charge in [0.2, 0.25) is 0 Å². The lowest BCUT2D eigenvalue weighted by atomic mass is 9.76. The average molecular weight is 302 g/mol. The van der Waals surface area contributed by atoms with E-state index < -0.39 is 0 Å². The molecular weight excluding hydrogens is 280 g/mol. The highest BCUT2D eigenvalue weighted by Gasteiger charge is 2.54. The maximum Gasteiger partial charge on any atom is 0.146 e. The lowest BCUT2D eigenvalue weighted by Gasteiger charge is -2.38. The first-order valence-corrected chi connectivity index (χ1v) is 9.21. The van der Waals surface area contributed by atoms with Crippen molar-refractivity contribution in [3.05, 3.63) is 35.9 Å². The van der Waals surface area contributed by atoms with Crippen LogP contribution in [-0.2, 0) is 14.9 Å². The summed E-state index contributed by atoms with van der Waals surface area (Å²) in [6, 6.07) is 10.4. The van der Waals surface area contributed by atoms with Gasteiger partial charge in [-0.1, -0.05) is 30.3 Å². The van der Waals surface area contributed by atoms with Crippen LogP contribution in [0.25, 0.3) is 0 Å². The Balaban J connectivity index is 1.55. The molecular formula is C18H22O2S. The minimum Gasteiger partial charge on any atom is -0.374 e. The molecule has 3 aliphatic rings. The number of hydrogen-bond donors (Lipinski definition) is 0. The van der Waals surface area contributed by atoms with Crippen LogP contribution in [0.15, 0.2) is 30.3 Å². The Morgan fingerprint density at radius 3 is 2.67 bits per heavy atom. The predicted octanol–water partition coefficient (Wildman–Crippen LogP) is 3.59. The van der Waals surface area contributed by atoms with Crippen molar-refractivity contribution >= 4 is 17.5 Å². The highest BCUT2D eigenvalue weighted by atomic mass is 32.2. The normalized spacial score (nSPS) is 34.0. The van der Waals surface area contributed by atoms with Crippen molar-refractivity contribution in [2.45, 2.75) is 43.1 Å². The fraction of sp³-hybridized carbons (Fsp3) is 0.611. The Kier molecular flexibility index (Phi) is 3.38. The van der Waals surface area contributed by atoms with Gasteiger partial charge in [-0.2, -0.15) is 11.8 Å². The molecule has 2 aliphatic heterocycles. The van der Waals surface area contributed by atoms with Crippen molar-refractivity contribution in [3.8, 4) is 0 Å². The quantitative estimate of drug-likeness (QED) is 0.853. The highest BCUT2D eigenvalue weighted by molar-refractivity contribution is 7.99. The van der Waals surface area contributed by atoms with Crippen molar-refractivity contribution in [2.75, 3.05) is 18.1 Å². The molecule has 1 saturated carbocycles. The molecule has 2 nitrogen and oxygen atoms in total. The molecule has 3 fully saturated rings. The van der Waals surface area contributed by atoms with Gasteiger partial charge in [-0.05, 0) is 43.4 Å². The topological polar surface area (TPSA) is 26.3 Å². The van der Waals surface area contributed by atoms with Crippen LogP contribution in [0, 0.1) is 5.92 Å². The van der Waals surface area contributed by atoms with Gasteiger partial charge in [0.1, 0.15) is 5.78 Å². The first-order chi connectivity index (χ1) is 10.2. The molecule has 2 saturated heterocycles. The Morgan fingerprint density at radius 1 is 1.19 bits per heavy atom. The van der Waals surface area contributed by atoms with Crippen LogP contribution in [0.2, 0.25) is 0 Å². The van der Waals surface area contributed by atoms with Crippen molar-refractivity contribution < 1.29 is 9.53 Å². The summed E-state index contributed by atoms with van der Waals surface area (Å²) in [5.41, 5.74) is 1.09. The lowest BCUT2D eigenvalue weighted by molar-refractivity contribution is -0.136. The molecule has 1 spiro atoms. The standard InChI is InChI=1S/C18H22O2S/c19-16(18(7-8-18)15-4-2-1-3-5-15)14-6-10-20-17(12-14)9-11-21-13-17/h1-5,14H,6-13H2. The molecule has 1 aliphatic carbocycles. The summed E-state index contributed by atoms with van der Waals surface area (Å²) in [7, 11) is 0. The molecule has 0 aromatic heterocycles. The van der Waals surface area contributed by atoms with E-state index in [9.17, 15) is 4.79 Å². The second kappa shape index (κ2) is 5.13. The van der Waals surface area contributed by atoms with Crippen molar-refractivity contribution in [3.63, 3.8) is 0 Å². The summed E-state index contributed by atoms with van der Waals surface area (Å²) in [6.07, 6.45) is 5.07. The van der Waals surface area contributed by atoms with Gasteiger partial charge in [-0.25, -0.2) is 0 Å². The van der Waals surface area contributed by atoms with Crippen LogP contribution in [0.3, 0.4) is 0 Å². The van der Waals surface area contributed by atoms with E-state index in [2.05, 4.69) is 24.3 Å². The van der Waals surface area contributed by atoms with E-state index in [0.717, 1.165) is 44.5 Å². The summed E-state index contributed by atoms with van der Waals surface area (Å²) in [5, 5.41) is 0. The number of ketones is 1. The third-order valence-corrected chi connectivity index (χ3v) is 6.70. The maximum atomic E-state index is 13.2. The van der Waals surface area contributed by atoms with E-state index in [4.69, 9.17) is 4.74 Å². The van der Waals surface area contributed by atoms with Crippen molar-refractivity contribution in [1.82, 2.24) is 0 Å². The van der Waals surface area contributed by atoms with Gasteiger partial charge in [-0.3, -0.25) is 4.79 Å². The molecule has 3 heteroatoms. The predicted molar refractivity (Wildman–Crippen MR) is 85.7 cm³/mol. The first-order valence-electron chi connectivity index (χ1n) is 8.06. The molecule has 0 radical (unpaired) electrons. The van der Waals surface area contributed by atoms with Crippen LogP contribution in [-0.4, -0.2) is 29.5 Å². The summed E-state index contributed by atoms with van der Waals surface area (Å²) in [6.45, 7) is 0.766. The number of rotatable bonds is 3. The number of carbonyl (C=O) groups excluding carboxylic acids is 1. The highest BCUT2D eigenvalue weighted by Crippen LogP contribution is 2.52. The Morgan fingerprint density at radius 2 is 2.00 bits per heavy atom. The van der Waals surface area contributed by atoms with E-state index in [1.807, 2.05) is 17.8 Å². The molecule has 2 heterocycles. The van der Waals surface area contributed by atoms with Crippen LogP contribution in [0.1, 0.15) is 37.7 Å². The summed E-state index contributed by atoms with van der Waals surface area (Å²) >= 11 is 1.98. The lowest BCUT2D eigenvalue weighted by Crippen LogP contribution is -2.44. The molecule has 0 bridgehead atoms. The smallest absolute Gasteiger partial charge is 0.146 e. The maximum absolute atomic E-state index is 13.2. The molecule has 21 heavy (non-hydrogen) atoms. The average Bonchev–Trinajstić information content (AvgIpc) is 3.24. The fourth-order valence-corrected chi connectivity index (χ4v) is 5.44. The molecule has 1 aromatic rings. The summed E-state index contributed by atoms with van der Waals surface area (Å²) in [5.74, 6) is 2.97. The molecule has 0 N–H and O–H groups in total. The zero-order chi connectivity index (χ0) is 14.3. The monoisotopic (exact) mass is 302 g/mol. The minimum atomic E-state index is -0.157. The number of Topliss-reactive ketones (excluding diaryl/α,β-unsaturated/α-hetero) is 1.